The number of carbonyl (C=O) groups excluding carboxylic acids is 3. The number of primary amides is 1. The molecule has 1 rings (SSSR count). The highest BCUT2D eigenvalue weighted by Crippen LogP contribution is 2.25. The zero-order valence-corrected chi connectivity index (χ0v) is 11.5. The van der Waals surface area contributed by atoms with Gasteiger partial charge in [0.1, 0.15) is 0 Å². The van der Waals surface area contributed by atoms with Gasteiger partial charge in [-0.25, -0.2) is 4.79 Å². The molecule has 0 aromatic heterocycles. The minimum Gasteiger partial charge on any atom is -0.452 e. The third kappa shape index (κ3) is 4.89. The van der Waals surface area contributed by atoms with E-state index in [-0.39, 0.29) is 17.8 Å². The Morgan fingerprint density at radius 1 is 1.16 bits per heavy atom. The Labute approximate surface area is 113 Å². The van der Waals surface area contributed by atoms with Crippen LogP contribution in [0.1, 0.15) is 46.0 Å². The maximum atomic E-state index is 12.0. The number of carbonyl (C=O) groups is 3. The van der Waals surface area contributed by atoms with Gasteiger partial charge in [0.25, 0.3) is 5.91 Å². The maximum absolute atomic E-state index is 12.0. The van der Waals surface area contributed by atoms with E-state index in [4.69, 9.17) is 10.5 Å². The fraction of sp³-hybridized carbons (Fsp3) is 0.769. The van der Waals surface area contributed by atoms with Crippen molar-refractivity contribution in [1.82, 2.24) is 5.32 Å². The van der Waals surface area contributed by atoms with Crippen molar-refractivity contribution in [2.75, 3.05) is 0 Å². The average Bonchev–Trinajstić information content (AvgIpc) is 2.35. The average molecular weight is 270 g/mol. The van der Waals surface area contributed by atoms with E-state index >= 15 is 0 Å². The van der Waals surface area contributed by atoms with Gasteiger partial charge in [-0.15, -0.1) is 0 Å². The number of ether oxygens (including phenoxy) is 1. The molecule has 0 aromatic rings. The zero-order valence-electron chi connectivity index (χ0n) is 11.5. The Morgan fingerprint density at radius 2 is 1.74 bits per heavy atom. The van der Waals surface area contributed by atoms with Crippen LogP contribution in [0.5, 0.6) is 0 Å². The molecule has 19 heavy (non-hydrogen) atoms. The van der Waals surface area contributed by atoms with E-state index in [0.717, 1.165) is 32.1 Å². The zero-order chi connectivity index (χ0) is 14.4. The van der Waals surface area contributed by atoms with E-state index in [1.165, 1.54) is 0 Å². The third-order valence-corrected chi connectivity index (χ3v) is 3.29. The summed E-state index contributed by atoms with van der Waals surface area (Å²) in [5.41, 5.74) is 4.89. The molecule has 1 saturated carbocycles. The molecule has 0 aliphatic heterocycles. The predicted octanol–water partition coefficient (Wildman–Crippen LogP) is 1.33. The van der Waals surface area contributed by atoms with Crippen LogP contribution in [0.4, 0.5) is 4.79 Å². The van der Waals surface area contributed by atoms with Crippen molar-refractivity contribution in [3.8, 4) is 0 Å². The molecule has 0 heterocycles. The first-order valence-electron chi connectivity index (χ1n) is 6.72. The molecule has 3 N–H and O–H groups in total. The van der Waals surface area contributed by atoms with E-state index < -0.39 is 18.0 Å². The summed E-state index contributed by atoms with van der Waals surface area (Å²) < 4.78 is 5.26. The first-order chi connectivity index (χ1) is 8.91. The molecule has 1 aliphatic carbocycles. The topological polar surface area (TPSA) is 98.5 Å². The van der Waals surface area contributed by atoms with Crippen LogP contribution < -0.4 is 11.1 Å². The molecule has 1 aliphatic rings. The van der Waals surface area contributed by atoms with E-state index in [9.17, 15) is 14.4 Å². The molecule has 0 saturated heterocycles. The molecule has 0 radical (unpaired) electrons. The standard InChI is InChI=1S/C13H22N2O4/c1-8(2)10(11(16)15-13(14)18)19-12(17)9-6-4-3-5-7-9/h8-10H,3-7H2,1-2H3,(H3,14,15,16,18). The first kappa shape index (κ1) is 15.5. The second kappa shape index (κ2) is 7.11. The van der Waals surface area contributed by atoms with Gasteiger partial charge in [-0.1, -0.05) is 33.1 Å². The number of urea groups is 1. The molecule has 6 heteroatoms. The molecule has 1 fully saturated rings. The van der Waals surface area contributed by atoms with Gasteiger partial charge in [0, 0.05) is 0 Å². The fourth-order valence-electron chi connectivity index (χ4n) is 2.24. The monoisotopic (exact) mass is 270 g/mol. The van der Waals surface area contributed by atoms with Crippen LogP contribution in [0.3, 0.4) is 0 Å². The minimum atomic E-state index is -0.970. The van der Waals surface area contributed by atoms with Crippen molar-refractivity contribution in [2.45, 2.75) is 52.1 Å². The number of hydrogen-bond donors (Lipinski definition) is 2. The molecule has 0 bridgehead atoms. The normalized spacial score (nSPS) is 17.8. The maximum Gasteiger partial charge on any atom is 0.318 e. The van der Waals surface area contributed by atoms with E-state index in [2.05, 4.69) is 0 Å². The molecular formula is C13H22N2O4. The largest absolute Gasteiger partial charge is 0.452 e. The van der Waals surface area contributed by atoms with Gasteiger partial charge < -0.3 is 10.5 Å². The number of rotatable bonds is 4. The van der Waals surface area contributed by atoms with Gasteiger partial charge >= 0.3 is 12.0 Å². The van der Waals surface area contributed by atoms with Gasteiger partial charge in [-0.05, 0) is 18.8 Å². The van der Waals surface area contributed by atoms with Crippen molar-refractivity contribution in [2.24, 2.45) is 17.6 Å². The van der Waals surface area contributed by atoms with Crippen molar-refractivity contribution >= 4 is 17.9 Å². The molecular weight excluding hydrogens is 248 g/mol. The SMILES string of the molecule is CC(C)C(OC(=O)C1CCCCC1)C(=O)NC(N)=O. The number of hydrogen-bond acceptors (Lipinski definition) is 4. The summed E-state index contributed by atoms with van der Waals surface area (Å²) in [4.78, 5) is 34.4. The summed E-state index contributed by atoms with van der Waals surface area (Å²) in [5, 5.41) is 1.96. The predicted molar refractivity (Wildman–Crippen MR) is 69.0 cm³/mol. The summed E-state index contributed by atoms with van der Waals surface area (Å²) in [7, 11) is 0. The third-order valence-electron chi connectivity index (χ3n) is 3.29. The molecule has 0 spiro atoms. The Morgan fingerprint density at radius 3 is 2.21 bits per heavy atom. The summed E-state index contributed by atoms with van der Waals surface area (Å²) in [6, 6.07) is -0.940. The van der Waals surface area contributed by atoms with Gasteiger partial charge in [-0.2, -0.15) is 0 Å². The minimum absolute atomic E-state index is 0.128. The second-order valence-corrected chi connectivity index (χ2v) is 5.29. The van der Waals surface area contributed by atoms with Crippen molar-refractivity contribution in [3.05, 3.63) is 0 Å². The molecule has 1 atom stereocenters. The van der Waals surface area contributed by atoms with Crippen molar-refractivity contribution in [1.29, 1.82) is 0 Å². The molecule has 1 unspecified atom stereocenters. The van der Waals surface area contributed by atoms with Gasteiger partial charge in [0.15, 0.2) is 6.10 Å². The lowest BCUT2D eigenvalue weighted by atomic mass is 9.89. The van der Waals surface area contributed by atoms with Crippen LogP contribution in [0.2, 0.25) is 0 Å². The number of esters is 1. The van der Waals surface area contributed by atoms with Crippen molar-refractivity contribution in [3.63, 3.8) is 0 Å². The van der Waals surface area contributed by atoms with Crippen LogP contribution in [-0.4, -0.2) is 24.0 Å². The highest BCUT2D eigenvalue weighted by atomic mass is 16.5. The van der Waals surface area contributed by atoms with E-state index in [0.29, 0.717) is 0 Å². The summed E-state index contributed by atoms with van der Waals surface area (Å²) in [6.07, 6.45) is 3.81. The summed E-state index contributed by atoms with van der Waals surface area (Å²) >= 11 is 0. The molecule has 3 amide bonds. The van der Waals surface area contributed by atoms with Crippen LogP contribution in [0.15, 0.2) is 0 Å². The van der Waals surface area contributed by atoms with Crippen LogP contribution in [-0.2, 0) is 14.3 Å². The summed E-state index contributed by atoms with van der Waals surface area (Å²) in [6.45, 7) is 3.50. The van der Waals surface area contributed by atoms with Crippen LogP contribution >= 0.6 is 0 Å². The Balaban J connectivity index is 2.59. The van der Waals surface area contributed by atoms with Gasteiger partial charge in [0.2, 0.25) is 0 Å². The number of amides is 3. The molecule has 108 valence electrons. The number of nitrogens with one attached hydrogen (secondary N) is 1. The first-order valence-corrected chi connectivity index (χ1v) is 6.72. The fourth-order valence-corrected chi connectivity index (χ4v) is 2.24. The Kier molecular flexibility index (Phi) is 5.79. The lowest BCUT2D eigenvalue weighted by Crippen LogP contribution is -2.46. The smallest absolute Gasteiger partial charge is 0.318 e. The number of imide groups is 1. The van der Waals surface area contributed by atoms with Crippen LogP contribution in [0, 0.1) is 11.8 Å². The second-order valence-electron chi connectivity index (χ2n) is 5.29. The highest BCUT2D eigenvalue weighted by molar-refractivity contribution is 5.96. The van der Waals surface area contributed by atoms with Gasteiger partial charge in [-0.3, -0.25) is 14.9 Å². The lowest BCUT2D eigenvalue weighted by molar-refractivity contribution is -0.163. The Hall–Kier alpha value is -1.59. The van der Waals surface area contributed by atoms with E-state index in [1.807, 2.05) is 5.32 Å². The van der Waals surface area contributed by atoms with Crippen LogP contribution in [0.25, 0.3) is 0 Å². The molecule has 0 aromatic carbocycles. The quantitative estimate of drug-likeness (QED) is 0.753. The number of nitrogens with two attached hydrogens (primary N) is 1. The highest BCUT2D eigenvalue weighted by Gasteiger charge is 2.31. The summed E-state index contributed by atoms with van der Waals surface area (Å²) in [5.74, 6) is -1.35. The van der Waals surface area contributed by atoms with Crippen molar-refractivity contribution < 1.29 is 19.1 Å². The van der Waals surface area contributed by atoms with Gasteiger partial charge in [0.05, 0.1) is 5.92 Å². The Bertz CT molecular complexity index is 349. The van der Waals surface area contributed by atoms with E-state index in [1.54, 1.807) is 13.8 Å². The lowest BCUT2D eigenvalue weighted by Gasteiger charge is -2.25. The molecule has 6 nitrogen and oxygen atoms in total.